The van der Waals surface area contributed by atoms with Crippen molar-refractivity contribution in [2.45, 2.75) is 0 Å². The predicted molar refractivity (Wildman–Crippen MR) is 58.2 cm³/mol. The van der Waals surface area contributed by atoms with E-state index >= 15 is 0 Å². The van der Waals surface area contributed by atoms with Gasteiger partial charge in [-0.1, -0.05) is 6.08 Å². The number of ether oxygens (including phenoxy) is 1. The minimum Gasteiger partial charge on any atom is -0.383 e. The highest BCUT2D eigenvalue weighted by atomic mass is 35.5. The lowest BCUT2D eigenvalue weighted by molar-refractivity contribution is 0.182. The van der Waals surface area contributed by atoms with E-state index in [-0.39, 0.29) is 11.6 Å². The fraction of sp³-hybridized carbons (Fsp3) is 0.750. The van der Waals surface area contributed by atoms with E-state index < -0.39 is 10.0 Å². The van der Waals surface area contributed by atoms with Gasteiger partial charge >= 0.3 is 0 Å². The molecule has 0 atom stereocenters. The largest absolute Gasteiger partial charge is 0.383 e. The van der Waals surface area contributed by atoms with Crippen LogP contribution in [0.1, 0.15) is 0 Å². The lowest BCUT2D eigenvalue weighted by atomic mass is 10.6. The summed E-state index contributed by atoms with van der Waals surface area (Å²) in [6.07, 6.45) is 1.54. The molecule has 0 unspecified atom stereocenters. The maximum absolute atomic E-state index is 11.6. The van der Waals surface area contributed by atoms with Gasteiger partial charge in [0.25, 0.3) is 0 Å². The third-order valence-corrected chi connectivity index (χ3v) is 3.86. The summed E-state index contributed by atoms with van der Waals surface area (Å²) in [5.41, 5.74) is 0. The molecule has 4 nitrogen and oxygen atoms in total. The van der Waals surface area contributed by atoms with Crippen LogP contribution in [0, 0.1) is 0 Å². The number of halogens is 1. The molecule has 6 heteroatoms. The van der Waals surface area contributed by atoms with Gasteiger partial charge in [-0.25, -0.2) is 8.42 Å². The first-order valence-electron chi connectivity index (χ1n) is 4.22. The standard InChI is InChI=1S/C8H16ClNO3S/c1-3-5-10(6-7-13-2)14(11,12)8-4-9/h3H,1,4-8H2,2H3. The van der Waals surface area contributed by atoms with Crippen molar-refractivity contribution < 1.29 is 13.2 Å². The molecular weight excluding hydrogens is 226 g/mol. The van der Waals surface area contributed by atoms with Gasteiger partial charge in [0.15, 0.2) is 0 Å². The molecule has 0 aliphatic heterocycles. The highest BCUT2D eigenvalue weighted by Gasteiger charge is 2.19. The fourth-order valence-electron chi connectivity index (χ4n) is 0.908. The number of alkyl halides is 1. The zero-order valence-corrected chi connectivity index (χ0v) is 9.85. The van der Waals surface area contributed by atoms with Crippen molar-refractivity contribution >= 4 is 21.6 Å². The second-order valence-corrected chi connectivity index (χ2v) is 5.11. The van der Waals surface area contributed by atoms with Gasteiger partial charge in [-0.3, -0.25) is 0 Å². The summed E-state index contributed by atoms with van der Waals surface area (Å²) in [5.74, 6) is 0.0507. The molecule has 0 amide bonds. The van der Waals surface area contributed by atoms with Gasteiger partial charge in [0.05, 0.1) is 12.4 Å². The van der Waals surface area contributed by atoms with Crippen molar-refractivity contribution in [3.63, 3.8) is 0 Å². The Balaban J connectivity index is 4.37. The van der Waals surface area contributed by atoms with Gasteiger partial charge in [0.1, 0.15) is 0 Å². The maximum atomic E-state index is 11.6. The summed E-state index contributed by atoms with van der Waals surface area (Å²) in [7, 11) is -1.73. The van der Waals surface area contributed by atoms with E-state index in [2.05, 4.69) is 6.58 Å². The van der Waals surface area contributed by atoms with Crippen LogP contribution < -0.4 is 0 Å². The first-order chi connectivity index (χ1) is 6.58. The van der Waals surface area contributed by atoms with Crippen LogP contribution >= 0.6 is 11.6 Å². The van der Waals surface area contributed by atoms with Crippen molar-refractivity contribution in [3.05, 3.63) is 12.7 Å². The monoisotopic (exact) mass is 241 g/mol. The smallest absolute Gasteiger partial charge is 0.215 e. The van der Waals surface area contributed by atoms with E-state index in [0.717, 1.165) is 0 Å². The average molecular weight is 242 g/mol. The third-order valence-electron chi connectivity index (χ3n) is 1.61. The second-order valence-electron chi connectivity index (χ2n) is 2.64. The van der Waals surface area contributed by atoms with Crippen LogP contribution in [0.4, 0.5) is 0 Å². The summed E-state index contributed by atoms with van der Waals surface area (Å²) in [6.45, 7) is 4.50. The Morgan fingerprint density at radius 2 is 2.21 bits per heavy atom. The molecule has 0 saturated carbocycles. The number of nitrogens with zero attached hydrogens (tertiary/aromatic N) is 1. The molecule has 0 aliphatic rings. The molecule has 0 heterocycles. The van der Waals surface area contributed by atoms with E-state index in [1.54, 1.807) is 6.08 Å². The van der Waals surface area contributed by atoms with E-state index in [1.807, 2.05) is 0 Å². The molecule has 0 fully saturated rings. The predicted octanol–water partition coefficient (Wildman–Crippen LogP) is 0.689. The Morgan fingerprint density at radius 1 is 1.57 bits per heavy atom. The van der Waals surface area contributed by atoms with Crippen molar-refractivity contribution in [1.82, 2.24) is 4.31 Å². The van der Waals surface area contributed by atoms with Crippen LogP contribution in [0.15, 0.2) is 12.7 Å². The van der Waals surface area contributed by atoms with Gasteiger partial charge < -0.3 is 4.74 Å². The Morgan fingerprint density at radius 3 is 2.64 bits per heavy atom. The number of sulfonamides is 1. The van der Waals surface area contributed by atoms with Gasteiger partial charge in [-0.15, -0.1) is 18.2 Å². The quantitative estimate of drug-likeness (QED) is 0.464. The normalized spacial score (nSPS) is 11.9. The van der Waals surface area contributed by atoms with Crippen LogP contribution in [-0.2, 0) is 14.8 Å². The summed E-state index contributed by atoms with van der Waals surface area (Å²) in [4.78, 5) is 0. The lowest BCUT2D eigenvalue weighted by Crippen LogP contribution is -2.36. The van der Waals surface area contributed by atoms with E-state index in [0.29, 0.717) is 19.7 Å². The van der Waals surface area contributed by atoms with Crippen LogP contribution in [0.2, 0.25) is 0 Å². The fourth-order valence-corrected chi connectivity index (χ4v) is 2.63. The minimum absolute atomic E-state index is 0.0495. The topological polar surface area (TPSA) is 46.6 Å². The molecular formula is C8H16ClNO3S. The zero-order valence-electron chi connectivity index (χ0n) is 8.28. The summed E-state index contributed by atoms with van der Waals surface area (Å²) in [6, 6.07) is 0. The van der Waals surface area contributed by atoms with Gasteiger partial charge in [-0.05, 0) is 0 Å². The molecule has 0 spiro atoms. The van der Waals surface area contributed by atoms with Crippen molar-refractivity contribution in [2.24, 2.45) is 0 Å². The Bertz CT molecular complexity index is 253. The van der Waals surface area contributed by atoms with Gasteiger partial charge in [-0.2, -0.15) is 4.31 Å². The Labute approximate surface area is 90.5 Å². The zero-order chi connectivity index (χ0) is 11.0. The van der Waals surface area contributed by atoms with Crippen molar-refractivity contribution in [3.8, 4) is 0 Å². The molecule has 0 aromatic carbocycles. The molecule has 0 rings (SSSR count). The van der Waals surface area contributed by atoms with Crippen molar-refractivity contribution in [1.29, 1.82) is 0 Å². The molecule has 0 aromatic rings. The van der Waals surface area contributed by atoms with Crippen LogP contribution in [0.5, 0.6) is 0 Å². The molecule has 0 bridgehead atoms. The minimum atomic E-state index is -3.26. The number of hydrogen-bond donors (Lipinski definition) is 0. The third kappa shape index (κ3) is 4.95. The van der Waals surface area contributed by atoms with Crippen LogP contribution in [0.25, 0.3) is 0 Å². The molecule has 0 aliphatic carbocycles. The number of hydrogen-bond acceptors (Lipinski definition) is 3. The summed E-state index contributed by atoms with van der Waals surface area (Å²) >= 11 is 5.40. The van der Waals surface area contributed by atoms with Gasteiger partial charge in [0, 0.05) is 26.1 Å². The molecule has 0 N–H and O–H groups in total. The molecule has 0 aromatic heterocycles. The highest BCUT2D eigenvalue weighted by Crippen LogP contribution is 2.02. The summed E-state index contributed by atoms with van der Waals surface area (Å²) < 4.78 is 29.3. The second kappa shape index (κ2) is 7.23. The number of rotatable bonds is 8. The lowest BCUT2D eigenvalue weighted by Gasteiger charge is -2.19. The van der Waals surface area contributed by atoms with Crippen LogP contribution in [0.3, 0.4) is 0 Å². The van der Waals surface area contributed by atoms with Crippen LogP contribution in [-0.4, -0.2) is 51.2 Å². The highest BCUT2D eigenvalue weighted by molar-refractivity contribution is 7.89. The maximum Gasteiger partial charge on any atom is 0.215 e. The van der Waals surface area contributed by atoms with E-state index in [4.69, 9.17) is 16.3 Å². The number of methoxy groups -OCH3 is 1. The van der Waals surface area contributed by atoms with E-state index in [9.17, 15) is 8.42 Å². The average Bonchev–Trinajstić information content (AvgIpc) is 2.11. The van der Waals surface area contributed by atoms with Gasteiger partial charge in [0.2, 0.25) is 10.0 Å². The van der Waals surface area contributed by atoms with Crippen molar-refractivity contribution in [2.75, 3.05) is 38.4 Å². The molecule has 84 valence electrons. The molecule has 0 radical (unpaired) electrons. The Kier molecular flexibility index (Phi) is 7.17. The summed E-state index contributed by atoms with van der Waals surface area (Å²) in [5, 5.41) is 0. The van der Waals surface area contributed by atoms with E-state index in [1.165, 1.54) is 11.4 Å². The molecule has 0 saturated heterocycles. The Hall–Kier alpha value is -0.100. The molecule has 14 heavy (non-hydrogen) atoms. The first kappa shape index (κ1) is 13.9. The first-order valence-corrected chi connectivity index (χ1v) is 6.36. The SMILES string of the molecule is C=CCN(CCOC)S(=O)(=O)CCCl.